The van der Waals surface area contributed by atoms with Gasteiger partial charge in [-0.05, 0) is 49.2 Å². The number of amides is 1. The molecule has 0 spiro atoms. The molecule has 0 fully saturated rings. The standard InChI is InChI=1S/C18H18F3NO2/c1-3-13-6-4-9-16(10-13)24-12(2)17(23)22-15-8-5-7-14(11-15)18(19,20)21/h4-12H,3H2,1-2H3,(H,22,23). The third-order valence-electron chi connectivity index (χ3n) is 3.45. The lowest BCUT2D eigenvalue weighted by molar-refractivity contribution is -0.137. The van der Waals surface area contributed by atoms with Gasteiger partial charge in [0.25, 0.3) is 5.91 Å². The highest BCUT2D eigenvalue weighted by molar-refractivity contribution is 5.94. The van der Waals surface area contributed by atoms with Crippen LogP contribution in [-0.2, 0) is 17.4 Å². The number of halogens is 3. The molecule has 0 saturated heterocycles. The van der Waals surface area contributed by atoms with Crippen LogP contribution in [-0.4, -0.2) is 12.0 Å². The van der Waals surface area contributed by atoms with Crippen LogP contribution in [0.15, 0.2) is 48.5 Å². The molecule has 1 unspecified atom stereocenters. The SMILES string of the molecule is CCc1cccc(OC(C)C(=O)Nc2cccc(C(F)(F)F)c2)c1. The summed E-state index contributed by atoms with van der Waals surface area (Å²) in [5.74, 6) is 0.0252. The van der Waals surface area contributed by atoms with Crippen LogP contribution >= 0.6 is 0 Å². The molecule has 1 N–H and O–H groups in total. The number of carbonyl (C=O) groups excluding carboxylic acids is 1. The van der Waals surface area contributed by atoms with Crippen molar-refractivity contribution in [2.24, 2.45) is 0 Å². The molecule has 6 heteroatoms. The summed E-state index contributed by atoms with van der Waals surface area (Å²) in [7, 11) is 0. The van der Waals surface area contributed by atoms with E-state index in [-0.39, 0.29) is 5.69 Å². The number of hydrogen-bond acceptors (Lipinski definition) is 2. The second-order valence-electron chi connectivity index (χ2n) is 5.33. The van der Waals surface area contributed by atoms with E-state index >= 15 is 0 Å². The second-order valence-corrected chi connectivity index (χ2v) is 5.33. The lowest BCUT2D eigenvalue weighted by Crippen LogP contribution is -2.30. The first kappa shape index (κ1) is 17.8. The zero-order valence-corrected chi connectivity index (χ0v) is 13.4. The van der Waals surface area contributed by atoms with Gasteiger partial charge in [0.15, 0.2) is 6.10 Å². The molecule has 3 nitrogen and oxygen atoms in total. The molecule has 128 valence electrons. The Kier molecular flexibility index (Phi) is 5.49. The fourth-order valence-electron chi connectivity index (χ4n) is 2.11. The van der Waals surface area contributed by atoms with E-state index in [0.717, 1.165) is 24.1 Å². The molecule has 0 aliphatic heterocycles. The minimum absolute atomic E-state index is 0.0765. The van der Waals surface area contributed by atoms with Gasteiger partial charge in [0, 0.05) is 5.69 Å². The molecule has 0 aromatic heterocycles. The van der Waals surface area contributed by atoms with Crippen LogP contribution < -0.4 is 10.1 Å². The third-order valence-corrected chi connectivity index (χ3v) is 3.45. The summed E-state index contributed by atoms with van der Waals surface area (Å²) >= 11 is 0. The summed E-state index contributed by atoms with van der Waals surface area (Å²) in [6.45, 7) is 3.55. The van der Waals surface area contributed by atoms with Gasteiger partial charge in [-0.3, -0.25) is 4.79 Å². The number of anilines is 1. The van der Waals surface area contributed by atoms with Crippen molar-refractivity contribution in [2.75, 3.05) is 5.32 Å². The maximum absolute atomic E-state index is 12.7. The molecule has 2 aromatic carbocycles. The summed E-state index contributed by atoms with van der Waals surface area (Å²) in [5, 5.41) is 2.44. The van der Waals surface area contributed by atoms with Crippen molar-refractivity contribution >= 4 is 11.6 Å². The van der Waals surface area contributed by atoms with Crippen LogP contribution in [0.3, 0.4) is 0 Å². The first-order valence-corrected chi connectivity index (χ1v) is 7.53. The minimum atomic E-state index is -4.45. The fourth-order valence-corrected chi connectivity index (χ4v) is 2.11. The van der Waals surface area contributed by atoms with Crippen molar-refractivity contribution < 1.29 is 22.7 Å². The zero-order chi connectivity index (χ0) is 17.7. The van der Waals surface area contributed by atoms with Gasteiger partial charge >= 0.3 is 6.18 Å². The Balaban J connectivity index is 2.03. The Morgan fingerprint density at radius 1 is 1.17 bits per heavy atom. The number of rotatable bonds is 5. The van der Waals surface area contributed by atoms with E-state index in [1.807, 2.05) is 25.1 Å². The highest BCUT2D eigenvalue weighted by Gasteiger charge is 2.30. The Labute approximate surface area is 138 Å². The van der Waals surface area contributed by atoms with Crippen molar-refractivity contribution in [3.05, 3.63) is 59.7 Å². The summed E-state index contributed by atoms with van der Waals surface area (Å²) in [6, 6.07) is 11.8. The molecule has 0 radical (unpaired) electrons. The molecule has 0 aliphatic rings. The predicted molar refractivity (Wildman–Crippen MR) is 86.0 cm³/mol. The minimum Gasteiger partial charge on any atom is -0.481 e. The smallest absolute Gasteiger partial charge is 0.416 e. The molecule has 2 rings (SSSR count). The molecule has 1 amide bonds. The highest BCUT2D eigenvalue weighted by Crippen LogP contribution is 2.30. The van der Waals surface area contributed by atoms with Crippen molar-refractivity contribution in [1.29, 1.82) is 0 Å². The van der Waals surface area contributed by atoms with Crippen LogP contribution in [0.1, 0.15) is 25.0 Å². The van der Waals surface area contributed by atoms with Gasteiger partial charge in [0.05, 0.1) is 5.56 Å². The largest absolute Gasteiger partial charge is 0.481 e. The van der Waals surface area contributed by atoms with E-state index in [0.29, 0.717) is 5.75 Å². The summed E-state index contributed by atoms with van der Waals surface area (Å²) < 4.78 is 43.6. The van der Waals surface area contributed by atoms with Crippen LogP contribution in [0.5, 0.6) is 5.75 Å². The van der Waals surface area contributed by atoms with E-state index in [2.05, 4.69) is 5.32 Å². The molecule has 0 heterocycles. The number of benzene rings is 2. The average Bonchev–Trinajstić information content (AvgIpc) is 2.54. The van der Waals surface area contributed by atoms with Crippen LogP contribution in [0.4, 0.5) is 18.9 Å². The van der Waals surface area contributed by atoms with Gasteiger partial charge in [-0.25, -0.2) is 0 Å². The van der Waals surface area contributed by atoms with Crippen molar-refractivity contribution in [2.45, 2.75) is 32.5 Å². The number of aryl methyl sites for hydroxylation is 1. The topological polar surface area (TPSA) is 38.3 Å². The number of ether oxygens (including phenoxy) is 1. The fraction of sp³-hybridized carbons (Fsp3) is 0.278. The first-order valence-electron chi connectivity index (χ1n) is 7.53. The molecule has 0 bridgehead atoms. The van der Waals surface area contributed by atoms with E-state index in [4.69, 9.17) is 4.74 Å². The normalized spacial score (nSPS) is 12.5. The number of hydrogen-bond donors (Lipinski definition) is 1. The average molecular weight is 337 g/mol. The molecular formula is C18H18F3NO2. The molecule has 0 saturated carbocycles. The molecule has 24 heavy (non-hydrogen) atoms. The van der Waals surface area contributed by atoms with Gasteiger partial charge < -0.3 is 10.1 Å². The first-order chi connectivity index (χ1) is 11.3. The maximum Gasteiger partial charge on any atom is 0.416 e. The Bertz CT molecular complexity index is 713. The van der Waals surface area contributed by atoms with E-state index < -0.39 is 23.8 Å². The highest BCUT2D eigenvalue weighted by atomic mass is 19.4. The Hall–Kier alpha value is -2.50. The monoisotopic (exact) mass is 337 g/mol. The van der Waals surface area contributed by atoms with E-state index in [9.17, 15) is 18.0 Å². The number of carbonyl (C=O) groups is 1. The zero-order valence-electron chi connectivity index (χ0n) is 13.4. The van der Waals surface area contributed by atoms with Crippen LogP contribution in [0, 0.1) is 0 Å². The van der Waals surface area contributed by atoms with Crippen LogP contribution in [0.25, 0.3) is 0 Å². The van der Waals surface area contributed by atoms with E-state index in [1.54, 1.807) is 13.0 Å². The second kappa shape index (κ2) is 7.38. The summed E-state index contributed by atoms with van der Waals surface area (Å²) in [5.41, 5.74) is 0.329. The Morgan fingerprint density at radius 3 is 2.54 bits per heavy atom. The van der Waals surface area contributed by atoms with Gasteiger partial charge in [0.2, 0.25) is 0 Å². The van der Waals surface area contributed by atoms with Crippen molar-refractivity contribution in [3.8, 4) is 5.75 Å². The maximum atomic E-state index is 12.7. The van der Waals surface area contributed by atoms with Crippen molar-refractivity contribution in [1.82, 2.24) is 0 Å². The van der Waals surface area contributed by atoms with Gasteiger partial charge in [-0.15, -0.1) is 0 Å². The quantitative estimate of drug-likeness (QED) is 0.861. The third kappa shape index (κ3) is 4.75. The van der Waals surface area contributed by atoms with Gasteiger partial charge in [-0.1, -0.05) is 25.1 Å². The van der Waals surface area contributed by atoms with Crippen LogP contribution in [0.2, 0.25) is 0 Å². The molecular weight excluding hydrogens is 319 g/mol. The molecule has 0 aliphatic carbocycles. The van der Waals surface area contributed by atoms with Gasteiger partial charge in [-0.2, -0.15) is 13.2 Å². The summed E-state index contributed by atoms with van der Waals surface area (Å²) in [6.07, 6.45) is -4.46. The van der Waals surface area contributed by atoms with Gasteiger partial charge in [0.1, 0.15) is 5.75 Å². The van der Waals surface area contributed by atoms with Crippen molar-refractivity contribution in [3.63, 3.8) is 0 Å². The predicted octanol–water partition coefficient (Wildman–Crippen LogP) is 4.67. The molecule has 2 aromatic rings. The lowest BCUT2D eigenvalue weighted by Gasteiger charge is -2.16. The van der Waals surface area contributed by atoms with E-state index in [1.165, 1.54) is 12.1 Å². The number of alkyl halides is 3. The molecule has 1 atom stereocenters. The number of nitrogens with one attached hydrogen (secondary N) is 1. The Morgan fingerprint density at radius 2 is 1.88 bits per heavy atom. The summed E-state index contributed by atoms with van der Waals surface area (Å²) in [4.78, 5) is 12.1. The lowest BCUT2D eigenvalue weighted by atomic mass is 10.1.